The van der Waals surface area contributed by atoms with Gasteiger partial charge in [-0.2, -0.15) is 0 Å². The lowest BCUT2D eigenvalue weighted by molar-refractivity contribution is 0.585. The van der Waals surface area contributed by atoms with E-state index in [-0.39, 0.29) is 9.76 Å². The van der Waals surface area contributed by atoms with E-state index >= 15 is 0 Å². The van der Waals surface area contributed by atoms with Gasteiger partial charge in [0, 0.05) is 0 Å². The van der Waals surface area contributed by atoms with E-state index in [0.717, 1.165) is 5.75 Å². The molecule has 0 spiro atoms. The second-order valence-electron chi connectivity index (χ2n) is 3.22. The van der Waals surface area contributed by atoms with Crippen molar-refractivity contribution in [2.24, 2.45) is 0 Å². The van der Waals surface area contributed by atoms with Gasteiger partial charge in [0.2, 0.25) is 9.76 Å². The summed E-state index contributed by atoms with van der Waals surface area (Å²) in [6.07, 6.45) is 4.00. The summed E-state index contributed by atoms with van der Waals surface area (Å²) in [5, 5.41) is 0. The van der Waals surface area contributed by atoms with Crippen LogP contribution in [0.2, 0.25) is 6.04 Å². The van der Waals surface area contributed by atoms with E-state index in [4.69, 9.17) is 4.43 Å². The molecule has 2 heteroatoms. The van der Waals surface area contributed by atoms with Crippen LogP contribution >= 0.6 is 0 Å². The maximum atomic E-state index is 5.69. The van der Waals surface area contributed by atoms with Gasteiger partial charge in [0.15, 0.2) is 0 Å². The molecule has 0 aliphatic rings. The largest absolute Gasteiger partial charge is 0.549 e. The second-order valence-corrected chi connectivity index (χ2v) is 4.63. The van der Waals surface area contributed by atoms with Crippen molar-refractivity contribution in [3.8, 4) is 5.75 Å². The summed E-state index contributed by atoms with van der Waals surface area (Å²) in [4.78, 5) is 0. The summed E-state index contributed by atoms with van der Waals surface area (Å²) < 4.78 is 5.69. The third-order valence-electron chi connectivity index (χ3n) is 2.01. The van der Waals surface area contributed by atoms with E-state index in [9.17, 15) is 0 Å². The van der Waals surface area contributed by atoms with Gasteiger partial charge in [0.25, 0.3) is 0 Å². The first-order chi connectivity index (χ1) is 6.43. The summed E-state index contributed by atoms with van der Waals surface area (Å²) in [6.45, 7) is 2.24. The molecular formula is C11H18OSi. The Kier molecular flexibility index (Phi) is 5.33. The molecule has 0 N–H and O–H groups in total. The van der Waals surface area contributed by atoms with Gasteiger partial charge in [-0.1, -0.05) is 44.4 Å². The highest BCUT2D eigenvalue weighted by atomic mass is 28.2. The lowest BCUT2D eigenvalue weighted by Crippen LogP contribution is -2.00. The van der Waals surface area contributed by atoms with Crippen LogP contribution < -0.4 is 4.43 Å². The van der Waals surface area contributed by atoms with Crippen LogP contribution in [0.4, 0.5) is 0 Å². The Hall–Kier alpha value is -0.763. The fourth-order valence-corrected chi connectivity index (χ4v) is 2.37. The first-order valence-corrected chi connectivity index (χ1v) is 6.69. The Balaban J connectivity index is 2.07. The van der Waals surface area contributed by atoms with Crippen LogP contribution in [0.15, 0.2) is 30.3 Å². The molecule has 0 unspecified atom stereocenters. The molecule has 0 aromatic heterocycles. The third-order valence-corrected chi connectivity index (χ3v) is 3.34. The van der Waals surface area contributed by atoms with Gasteiger partial charge in [-0.15, -0.1) is 0 Å². The minimum Gasteiger partial charge on any atom is -0.549 e. The highest BCUT2D eigenvalue weighted by Crippen LogP contribution is 2.08. The van der Waals surface area contributed by atoms with Gasteiger partial charge in [-0.3, -0.25) is 0 Å². The molecule has 1 aromatic carbocycles. The minimum atomic E-state index is -0.307. The standard InChI is InChI=1S/C11H18OSi/c1-2-3-7-10-13-12-11-8-5-4-6-9-11/h4-6,8-9H,2-3,7,10,13H2,1H3. The summed E-state index contributed by atoms with van der Waals surface area (Å²) in [5.41, 5.74) is 0. The van der Waals surface area contributed by atoms with Crippen LogP contribution in [0.3, 0.4) is 0 Å². The number of unbranched alkanes of at least 4 members (excludes halogenated alkanes) is 2. The van der Waals surface area contributed by atoms with Crippen molar-refractivity contribution in [2.45, 2.75) is 32.2 Å². The molecule has 0 saturated carbocycles. The number of benzene rings is 1. The average molecular weight is 194 g/mol. The van der Waals surface area contributed by atoms with Crippen LogP contribution in [0.25, 0.3) is 0 Å². The van der Waals surface area contributed by atoms with Crippen LogP contribution in [-0.4, -0.2) is 9.76 Å². The van der Waals surface area contributed by atoms with Gasteiger partial charge >= 0.3 is 0 Å². The molecule has 0 aliphatic heterocycles. The molecule has 0 atom stereocenters. The van der Waals surface area contributed by atoms with Gasteiger partial charge in [0.05, 0.1) is 0 Å². The predicted molar refractivity (Wildman–Crippen MR) is 59.9 cm³/mol. The summed E-state index contributed by atoms with van der Waals surface area (Å²) in [6, 6.07) is 11.4. The van der Waals surface area contributed by atoms with E-state index in [1.165, 1.54) is 25.3 Å². The van der Waals surface area contributed by atoms with Gasteiger partial charge in [-0.25, -0.2) is 0 Å². The van der Waals surface area contributed by atoms with Crippen molar-refractivity contribution < 1.29 is 4.43 Å². The number of hydrogen-bond acceptors (Lipinski definition) is 1. The monoisotopic (exact) mass is 194 g/mol. The number of para-hydroxylation sites is 1. The fourth-order valence-electron chi connectivity index (χ4n) is 1.24. The molecule has 0 radical (unpaired) electrons. The lowest BCUT2D eigenvalue weighted by Gasteiger charge is -2.04. The Morgan fingerprint density at radius 3 is 2.62 bits per heavy atom. The smallest absolute Gasteiger partial charge is 0.219 e. The zero-order valence-electron chi connectivity index (χ0n) is 8.33. The van der Waals surface area contributed by atoms with Crippen LogP contribution in [0, 0.1) is 0 Å². The molecule has 0 amide bonds. The van der Waals surface area contributed by atoms with E-state index in [2.05, 4.69) is 6.92 Å². The maximum Gasteiger partial charge on any atom is 0.219 e. The minimum absolute atomic E-state index is 0.307. The second kappa shape index (κ2) is 6.72. The van der Waals surface area contributed by atoms with Crippen molar-refractivity contribution in [3.63, 3.8) is 0 Å². The van der Waals surface area contributed by atoms with E-state index in [1.807, 2.05) is 30.3 Å². The molecule has 0 heterocycles. The molecule has 0 fully saturated rings. The van der Waals surface area contributed by atoms with Gasteiger partial charge < -0.3 is 4.43 Å². The van der Waals surface area contributed by atoms with Crippen LogP contribution in [0.5, 0.6) is 5.75 Å². The molecule has 13 heavy (non-hydrogen) atoms. The zero-order valence-corrected chi connectivity index (χ0v) is 9.74. The van der Waals surface area contributed by atoms with Crippen molar-refractivity contribution >= 4 is 9.76 Å². The SMILES string of the molecule is CCCCC[SiH2]Oc1ccccc1. The fraction of sp³-hybridized carbons (Fsp3) is 0.455. The Labute approximate surface area is 83.1 Å². The normalized spacial score (nSPS) is 10.8. The first-order valence-electron chi connectivity index (χ1n) is 5.11. The van der Waals surface area contributed by atoms with Crippen LogP contribution in [-0.2, 0) is 0 Å². The average Bonchev–Trinajstić information content (AvgIpc) is 2.19. The number of rotatable bonds is 6. The van der Waals surface area contributed by atoms with Crippen molar-refractivity contribution in [1.29, 1.82) is 0 Å². The van der Waals surface area contributed by atoms with E-state index < -0.39 is 0 Å². The third kappa shape index (κ3) is 4.73. The number of hydrogen-bond donors (Lipinski definition) is 0. The summed E-state index contributed by atoms with van der Waals surface area (Å²) >= 11 is 0. The van der Waals surface area contributed by atoms with Gasteiger partial charge in [-0.05, 0) is 18.2 Å². The highest BCUT2D eigenvalue weighted by Gasteiger charge is 1.92. The zero-order chi connectivity index (χ0) is 9.36. The molecule has 1 aromatic rings. The van der Waals surface area contributed by atoms with E-state index in [0.29, 0.717) is 0 Å². The molecule has 0 bridgehead atoms. The van der Waals surface area contributed by atoms with Crippen molar-refractivity contribution in [2.75, 3.05) is 0 Å². The Bertz CT molecular complexity index is 211. The van der Waals surface area contributed by atoms with Crippen LogP contribution in [0.1, 0.15) is 26.2 Å². The van der Waals surface area contributed by atoms with E-state index in [1.54, 1.807) is 0 Å². The lowest BCUT2D eigenvalue weighted by atomic mass is 10.3. The summed E-state index contributed by atoms with van der Waals surface area (Å²) in [5.74, 6) is 1.05. The molecular weight excluding hydrogens is 176 g/mol. The highest BCUT2D eigenvalue weighted by molar-refractivity contribution is 6.28. The van der Waals surface area contributed by atoms with Crippen molar-refractivity contribution in [3.05, 3.63) is 30.3 Å². The van der Waals surface area contributed by atoms with Crippen molar-refractivity contribution in [1.82, 2.24) is 0 Å². The predicted octanol–water partition coefficient (Wildman–Crippen LogP) is 2.76. The Morgan fingerprint density at radius 1 is 1.15 bits per heavy atom. The topological polar surface area (TPSA) is 9.23 Å². The maximum absolute atomic E-state index is 5.69. The molecule has 72 valence electrons. The molecule has 0 saturated heterocycles. The first kappa shape index (κ1) is 10.3. The molecule has 0 aliphatic carbocycles. The molecule has 1 rings (SSSR count). The summed E-state index contributed by atoms with van der Waals surface area (Å²) in [7, 11) is -0.307. The van der Waals surface area contributed by atoms with Gasteiger partial charge in [0.1, 0.15) is 5.75 Å². The molecule has 1 nitrogen and oxygen atoms in total. The quantitative estimate of drug-likeness (QED) is 0.500. The Morgan fingerprint density at radius 2 is 1.92 bits per heavy atom.